The van der Waals surface area contributed by atoms with Crippen molar-refractivity contribution in [1.82, 2.24) is 30.4 Å². The number of aromatic nitrogens is 2. The van der Waals surface area contributed by atoms with Crippen LogP contribution in [0.5, 0.6) is 5.75 Å². The average molecular weight is 1260 g/mol. The number of allylic oxidation sites excluding steroid dienone is 1. The Hall–Kier alpha value is -6.83. The summed E-state index contributed by atoms with van der Waals surface area (Å²) in [6.45, 7) is 7.26. The molecular weight excluding hydrogens is 1170 g/mol. The number of alkyl halides is 3. The topological polar surface area (TPSA) is 238 Å². The Morgan fingerprint density at radius 2 is 1.45 bits per heavy atom. The van der Waals surface area contributed by atoms with Gasteiger partial charge in [0.15, 0.2) is 5.13 Å². The number of anilines is 2. The number of likely N-dealkylation sites (tertiary alicyclic amines) is 1. The third kappa shape index (κ3) is 22.3. The standard InChI is InChI=1S/C65H87F3N8O12S/c1-5-44(2)59(79)72-58(49-18-10-7-11-19-49)63(82)76-27-13-20-53(76)61(81)74-62-57(48-16-8-6-9-17-48)73-64(89-62)71-55(77)43-88-37-36-87-35-34-86-33-32-85-31-30-84-29-28-75(3)56(78)39-46-14-12-15-47(38-46)41-70-60(80)52-40-50(54(83-4)42-69-52)24-21-45-22-25-51(26-23-45)65(66,67)68/h6,8-9,12,14-17,21,24,38,40,42,44-45,49,51,53,58H,5,7,10-11,13,18-20,22-23,25-37,39,41,43H2,1-4H3,(H,70,80)(H,72,79)(H,74,81)(H,71,73,77)/b24-21+/t44-,45-,51-,53+,58+/m1/s1. The fraction of sp³-hybridized carbons (Fsp3) is 0.569. The highest BCUT2D eigenvalue weighted by atomic mass is 32.1. The van der Waals surface area contributed by atoms with Crippen LogP contribution in [0.25, 0.3) is 17.3 Å². The number of rotatable bonds is 34. The molecule has 7 rings (SSSR count). The van der Waals surface area contributed by atoms with E-state index in [0.29, 0.717) is 113 Å². The number of nitrogens with zero attached hydrogens (tertiary/aromatic N) is 4. The molecule has 0 bridgehead atoms. The van der Waals surface area contributed by atoms with Crippen LogP contribution in [-0.4, -0.2) is 167 Å². The van der Waals surface area contributed by atoms with Crippen molar-refractivity contribution in [3.05, 3.63) is 95.3 Å². The number of methoxy groups -OCH3 is 1. The van der Waals surface area contributed by atoms with Gasteiger partial charge in [-0.05, 0) is 86.8 Å². The Morgan fingerprint density at radius 1 is 0.787 bits per heavy atom. The number of carbonyl (C=O) groups excluding carboxylic acids is 6. The molecule has 4 aromatic rings. The van der Waals surface area contributed by atoms with E-state index in [9.17, 15) is 41.9 Å². The first-order valence-electron chi connectivity index (χ1n) is 31.1. The second-order valence-electron chi connectivity index (χ2n) is 22.8. The quantitative estimate of drug-likeness (QED) is 0.0319. The Labute approximate surface area is 523 Å². The number of likely N-dealkylation sites (N-methyl/N-ethyl adjacent to an activating group) is 1. The maximum absolute atomic E-state index is 14.3. The molecular formula is C65H87F3N8O12S. The number of hydrogen-bond donors (Lipinski definition) is 4. The summed E-state index contributed by atoms with van der Waals surface area (Å²) in [4.78, 5) is 92.8. The minimum absolute atomic E-state index is 0.000615. The van der Waals surface area contributed by atoms with E-state index in [1.54, 1.807) is 29.0 Å². The second kappa shape index (κ2) is 36.1. The largest absolute Gasteiger partial charge is 0.495 e. The Kier molecular flexibility index (Phi) is 28.3. The molecule has 3 heterocycles. The van der Waals surface area contributed by atoms with E-state index in [-0.39, 0.29) is 97.8 Å². The van der Waals surface area contributed by atoms with Crippen LogP contribution in [0.15, 0.2) is 72.9 Å². The smallest absolute Gasteiger partial charge is 0.391 e. The summed E-state index contributed by atoms with van der Waals surface area (Å²) in [5.41, 5.74) is 3.55. The van der Waals surface area contributed by atoms with Gasteiger partial charge in [-0.3, -0.25) is 34.1 Å². The third-order valence-electron chi connectivity index (χ3n) is 16.4. The van der Waals surface area contributed by atoms with Crippen molar-refractivity contribution in [2.24, 2.45) is 23.7 Å². The molecule has 0 spiro atoms. The van der Waals surface area contributed by atoms with E-state index in [1.165, 1.54) is 13.3 Å². The third-order valence-corrected chi connectivity index (χ3v) is 17.3. The monoisotopic (exact) mass is 1260 g/mol. The molecule has 1 aliphatic heterocycles. The van der Waals surface area contributed by atoms with E-state index < -0.39 is 36.0 Å². The number of hydrogen-bond acceptors (Lipinski definition) is 15. The second-order valence-corrected chi connectivity index (χ2v) is 23.8. The predicted molar refractivity (Wildman–Crippen MR) is 332 cm³/mol. The summed E-state index contributed by atoms with van der Waals surface area (Å²) in [6.07, 6.45) is 8.75. The summed E-state index contributed by atoms with van der Waals surface area (Å²) in [5.74, 6) is -2.69. The van der Waals surface area contributed by atoms with Gasteiger partial charge in [-0.2, -0.15) is 13.2 Å². The van der Waals surface area contributed by atoms with Crippen molar-refractivity contribution in [2.75, 3.05) is 104 Å². The van der Waals surface area contributed by atoms with Gasteiger partial charge in [0.1, 0.15) is 40.8 Å². The first-order valence-corrected chi connectivity index (χ1v) is 31.9. The molecule has 89 heavy (non-hydrogen) atoms. The predicted octanol–water partition coefficient (Wildman–Crippen LogP) is 9.29. The zero-order valence-corrected chi connectivity index (χ0v) is 52.4. The highest BCUT2D eigenvalue weighted by Crippen LogP contribution is 2.41. The first-order chi connectivity index (χ1) is 43.0. The maximum atomic E-state index is 14.3. The molecule has 0 radical (unpaired) electrons. The summed E-state index contributed by atoms with van der Waals surface area (Å²) in [6, 6.07) is 16.9. The number of nitrogens with one attached hydrogen (secondary N) is 4. The molecule has 2 aromatic heterocycles. The van der Waals surface area contributed by atoms with Crippen LogP contribution in [-0.2, 0) is 60.6 Å². The maximum Gasteiger partial charge on any atom is 0.391 e. The molecule has 3 aliphatic rings. The van der Waals surface area contributed by atoms with Crippen molar-refractivity contribution >= 4 is 63.0 Å². The van der Waals surface area contributed by atoms with Crippen LogP contribution in [0.3, 0.4) is 0 Å². The zero-order valence-electron chi connectivity index (χ0n) is 51.6. The van der Waals surface area contributed by atoms with E-state index >= 15 is 0 Å². The molecule has 486 valence electrons. The molecule has 2 aliphatic carbocycles. The number of amides is 6. The van der Waals surface area contributed by atoms with Gasteiger partial charge in [-0.25, -0.2) is 9.97 Å². The molecule has 20 nitrogen and oxygen atoms in total. The van der Waals surface area contributed by atoms with Crippen molar-refractivity contribution in [2.45, 2.75) is 122 Å². The minimum Gasteiger partial charge on any atom is -0.495 e. The van der Waals surface area contributed by atoms with Crippen LogP contribution in [0.4, 0.5) is 23.3 Å². The summed E-state index contributed by atoms with van der Waals surface area (Å²) in [5, 5.41) is 12.5. The van der Waals surface area contributed by atoms with Gasteiger partial charge in [0.2, 0.25) is 23.6 Å². The molecule has 2 saturated carbocycles. The fourth-order valence-electron chi connectivity index (χ4n) is 11.0. The van der Waals surface area contributed by atoms with Gasteiger partial charge in [0, 0.05) is 43.7 Å². The van der Waals surface area contributed by atoms with Gasteiger partial charge < -0.3 is 54.2 Å². The van der Waals surface area contributed by atoms with Crippen LogP contribution < -0.4 is 26.0 Å². The van der Waals surface area contributed by atoms with Crippen molar-refractivity contribution in [3.63, 3.8) is 0 Å². The van der Waals surface area contributed by atoms with Crippen molar-refractivity contribution in [3.8, 4) is 17.0 Å². The fourth-order valence-corrected chi connectivity index (χ4v) is 11.9. The number of benzene rings is 2. The lowest BCUT2D eigenvalue weighted by Gasteiger charge is -2.35. The molecule has 0 unspecified atom stereocenters. The zero-order chi connectivity index (χ0) is 63.5. The van der Waals surface area contributed by atoms with Crippen LogP contribution in [0, 0.1) is 23.7 Å². The highest BCUT2D eigenvalue weighted by molar-refractivity contribution is 7.20. The van der Waals surface area contributed by atoms with Gasteiger partial charge in [-0.1, -0.05) is 111 Å². The van der Waals surface area contributed by atoms with Crippen molar-refractivity contribution in [1.29, 1.82) is 0 Å². The lowest BCUT2D eigenvalue weighted by atomic mass is 9.81. The van der Waals surface area contributed by atoms with Crippen LogP contribution in [0.2, 0.25) is 0 Å². The Balaban J connectivity index is 0.713. The lowest BCUT2D eigenvalue weighted by Crippen LogP contribution is -2.56. The van der Waals surface area contributed by atoms with E-state index in [1.807, 2.05) is 74.5 Å². The lowest BCUT2D eigenvalue weighted by molar-refractivity contribution is -0.183. The molecule has 3 atom stereocenters. The van der Waals surface area contributed by atoms with Crippen molar-refractivity contribution < 1.29 is 70.4 Å². The van der Waals surface area contributed by atoms with Gasteiger partial charge >= 0.3 is 6.18 Å². The van der Waals surface area contributed by atoms with Gasteiger partial charge in [0.05, 0.1) is 85.1 Å². The number of thiazole rings is 1. The van der Waals surface area contributed by atoms with E-state index in [4.69, 9.17) is 28.4 Å². The molecule has 24 heteroatoms. The van der Waals surface area contributed by atoms with E-state index in [2.05, 4.69) is 31.2 Å². The molecule has 3 fully saturated rings. The molecule has 1 saturated heterocycles. The highest BCUT2D eigenvalue weighted by Gasteiger charge is 2.42. The summed E-state index contributed by atoms with van der Waals surface area (Å²) >= 11 is 1.11. The van der Waals surface area contributed by atoms with Gasteiger partial charge in [-0.15, -0.1) is 0 Å². The SMILES string of the molecule is CC[C@@H](C)C(=O)N[C@H](C(=O)N1CCC[C@H]1C(=O)Nc1sc(NC(=O)COCCOCCOCCOCCOCCN(C)C(=O)Cc2cccc(CNC(=O)c3cc(/C=C/[C@H]4CC[C@H](C(F)(F)F)CC4)c(OC)cn3)c2)nc1-c1ccccc1)C1CCCCC1. The van der Waals surface area contributed by atoms with Gasteiger partial charge in [0.25, 0.3) is 11.8 Å². The molecule has 6 amide bonds. The number of halogens is 3. The normalized spacial score (nSPS) is 17.9. The van der Waals surface area contributed by atoms with E-state index in [0.717, 1.165) is 60.1 Å². The number of pyridine rings is 1. The first kappa shape index (κ1) is 69.6. The molecule has 2 aromatic carbocycles. The van der Waals surface area contributed by atoms with Crippen LogP contribution in [0.1, 0.15) is 118 Å². The summed E-state index contributed by atoms with van der Waals surface area (Å²) < 4.78 is 72.8. The van der Waals surface area contributed by atoms with Crippen LogP contribution >= 0.6 is 11.3 Å². The number of ether oxygens (including phenoxy) is 6. The average Bonchev–Trinajstić information content (AvgIpc) is 2.83. The molecule has 4 N–H and O–H groups in total. The Morgan fingerprint density at radius 3 is 2.11 bits per heavy atom. The summed E-state index contributed by atoms with van der Waals surface area (Å²) in [7, 11) is 3.19. The minimum atomic E-state index is -4.17. The number of carbonyl (C=O) groups is 6. The Bertz CT molecular complexity index is 2940.